The minimum absolute atomic E-state index is 0.170. The van der Waals surface area contributed by atoms with Gasteiger partial charge in [-0.05, 0) is 0 Å². The molecule has 4 rings (SSSR count). The van der Waals surface area contributed by atoms with Crippen molar-refractivity contribution in [1.29, 1.82) is 0 Å². The lowest BCUT2D eigenvalue weighted by Crippen LogP contribution is -2.18. The molecule has 0 aliphatic heterocycles. The first kappa shape index (κ1) is 12.4. The molecule has 22 heavy (non-hydrogen) atoms. The Bertz CT molecular complexity index is 984. The predicted octanol–water partition coefficient (Wildman–Crippen LogP) is 0.151. The third kappa shape index (κ3) is 1.67. The van der Waals surface area contributed by atoms with Crippen molar-refractivity contribution in [2.24, 2.45) is 7.05 Å². The lowest BCUT2D eigenvalue weighted by Gasteiger charge is -2.17. The molecular weight excluding hydrogens is 284 g/mol. The van der Waals surface area contributed by atoms with Crippen molar-refractivity contribution < 1.29 is 0 Å². The second kappa shape index (κ2) is 4.35. The number of imidazole rings is 1. The average Bonchev–Trinajstić information content (AvgIpc) is 3.13. The molecular formula is C12H12N10. The molecule has 0 bridgehead atoms. The molecule has 0 aliphatic rings. The van der Waals surface area contributed by atoms with Gasteiger partial charge in [0.25, 0.3) is 0 Å². The fourth-order valence-electron chi connectivity index (χ4n) is 2.31. The third-order valence-electron chi connectivity index (χ3n) is 3.35. The Kier molecular flexibility index (Phi) is 2.46. The van der Waals surface area contributed by atoms with Crippen LogP contribution in [-0.4, -0.2) is 46.1 Å². The first-order valence-electron chi connectivity index (χ1n) is 6.48. The fraction of sp³-hybridized carbons (Fsp3) is 0.167. The Morgan fingerprint density at radius 1 is 1.18 bits per heavy atom. The molecule has 0 saturated heterocycles. The predicted molar refractivity (Wildman–Crippen MR) is 79.6 cm³/mol. The van der Waals surface area contributed by atoms with E-state index in [4.69, 9.17) is 5.73 Å². The molecule has 0 atom stereocenters. The number of rotatable bonds is 2. The molecule has 2 N–H and O–H groups in total. The molecule has 10 heteroatoms. The first-order chi connectivity index (χ1) is 10.6. The van der Waals surface area contributed by atoms with Gasteiger partial charge in [-0.25, -0.2) is 15.0 Å². The van der Waals surface area contributed by atoms with Crippen LogP contribution in [-0.2, 0) is 7.05 Å². The van der Waals surface area contributed by atoms with Crippen LogP contribution in [0, 0.1) is 0 Å². The van der Waals surface area contributed by atoms with E-state index in [-0.39, 0.29) is 5.95 Å². The minimum Gasteiger partial charge on any atom is -0.368 e. The number of hydrogen-bond acceptors (Lipinski definition) is 8. The summed E-state index contributed by atoms with van der Waals surface area (Å²) in [5.41, 5.74) is 7.80. The van der Waals surface area contributed by atoms with E-state index in [1.165, 1.54) is 6.33 Å². The van der Waals surface area contributed by atoms with E-state index in [0.717, 1.165) is 0 Å². The van der Waals surface area contributed by atoms with Crippen molar-refractivity contribution in [2.45, 2.75) is 0 Å². The molecule has 4 heterocycles. The summed E-state index contributed by atoms with van der Waals surface area (Å²) in [6, 6.07) is 1.77. The molecule has 0 radical (unpaired) electrons. The van der Waals surface area contributed by atoms with Gasteiger partial charge in [-0.15, -0.1) is 0 Å². The van der Waals surface area contributed by atoms with Crippen molar-refractivity contribution in [2.75, 3.05) is 17.7 Å². The molecule has 0 amide bonds. The number of fused-ring (bicyclic) bond motifs is 2. The summed E-state index contributed by atoms with van der Waals surface area (Å²) in [7, 11) is 3.67. The zero-order chi connectivity index (χ0) is 15.3. The van der Waals surface area contributed by atoms with E-state index in [0.29, 0.717) is 28.6 Å². The van der Waals surface area contributed by atoms with Gasteiger partial charge in [0, 0.05) is 26.4 Å². The third-order valence-corrected chi connectivity index (χ3v) is 3.35. The zero-order valence-electron chi connectivity index (χ0n) is 11.9. The molecule has 10 nitrogen and oxygen atoms in total. The lowest BCUT2D eigenvalue weighted by molar-refractivity contribution is 0.882. The van der Waals surface area contributed by atoms with Gasteiger partial charge in [0.1, 0.15) is 6.33 Å². The quantitative estimate of drug-likeness (QED) is 0.555. The van der Waals surface area contributed by atoms with Gasteiger partial charge >= 0.3 is 0 Å². The molecule has 0 spiro atoms. The number of anilines is 3. The van der Waals surface area contributed by atoms with E-state index in [2.05, 4.69) is 30.0 Å². The molecule has 0 fully saturated rings. The van der Waals surface area contributed by atoms with E-state index in [1.54, 1.807) is 32.6 Å². The summed E-state index contributed by atoms with van der Waals surface area (Å²) < 4.78 is 3.40. The van der Waals surface area contributed by atoms with Gasteiger partial charge in [0.15, 0.2) is 22.6 Å². The first-order valence-corrected chi connectivity index (χ1v) is 6.48. The number of nitrogens with two attached hydrogens (primary N) is 1. The topological polar surface area (TPSA) is 116 Å². The fourth-order valence-corrected chi connectivity index (χ4v) is 2.31. The van der Waals surface area contributed by atoms with Crippen LogP contribution in [0.2, 0.25) is 0 Å². The Morgan fingerprint density at radius 3 is 2.91 bits per heavy atom. The van der Waals surface area contributed by atoms with Crippen LogP contribution >= 0.6 is 0 Å². The number of aromatic nitrogens is 8. The molecule has 0 aromatic carbocycles. The molecule has 4 aromatic rings. The summed E-state index contributed by atoms with van der Waals surface area (Å²) in [4.78, 5) is 23.1. The number of nitrogens with zero attached hydrogens (tertiary/aromatic N) is 9. The highest BCUT2D eigenvalue weighted by Crippen LogP contribution is 2.26. The number of aryl methyl sites for hydroxylation is 1. The van der Waals surface area contributed by atoms with Crippen LogP contribution in [0.15, 0.2) is 24.9 Å². The Morgan fingerprint density at radius 2 is 2.05 bits per heavy atom. The summed E-state index contributed by atoms with van der Waals surface area (Å²) in [6.45, 7) is 0. The van der Waals surface area contributed by atoms with Crippen LogP contribution in [0.25, 0.3) is 16.8 Å². The molecule has 0 saturated carbocycles. The normalized spacial score (nSPS) is 11.4. The molecule has 0 unspecified atom stereocenters. The summed E-state index contributed by atoms with van der Waals surface area (Å²) in [5.74, 6) is 1.28. The van der Waals surface area contributed by atoms with Crippen molar-refractivity contribution in [3.8, 4) is 0 Å². The smallest absolute Gasteiger partial charge is 0.234 e. The minimum atomic E-state index is 0.170. The second-order valence-corrected chi connectivity index (χ2v) is 4.77. The SMILES string of the molecule is CN(c1nc(N)nc2c1ncn2C)c1nccc2ncnn12. The van der Waals surface area contributed by atoms with Crippen molar-refractivity contribution in [3.63, 3.8) is 0 Å². The summed E-state index contributed by atoms with van der Waals surface area (Å²) in [5, 5.41) is 4.17. The van der Waals surface area contributed by atoms with Crippen molar-refractivity contribution in [1.82, 2.24) is 39.1 Å². The van der Waals surface area contributed by atoms with Gasteiger partial charge in [-0.3, -0.25) is 4.90 Å². The Hall–Kier alpha value is -3.30. The Balaban J connectivity index is 1.97. The standard InChI is InChI=1S/C12H12N10/c1-20-6-16-8-9(20)18-11(13)19-10(8)21(2)12-14-4-3-7-15-5-17-22(7)12/h3-6H,1-2H3,(H2,13,18,19). The van der Waals surface area contributed by atoms with Gasteiger partial charge in [0.05, 0.1) is 6.33 Å². The maximum absolute atomic E-state index is 5.82. The molecule has 0 aliphatic carbocycles. The van der Waals surface area contributed by atoms with Gasteiger partial charge in [-0.2, -0.15) is 19.6 Å². The number of hydrogen-bond donors (Lipinski definition) is 1. The van der Waals surface area contributed by atoms with Crippen LogP contribution in [0.3, 0.4) is 0 Å². The van der Waals surface area contributed by atoms with E-state index in [9.17, 15) is 0 Å². The second-order valence-electron chi connectivity index (χ2n) is 4.77. The summed E-state index contributed by atoms with van der Waals surface area (Å²) >= 11 is 0. The van der Waals surface area contributed by atoms with Gasteiger partial charge < -0.3 is 10.3 Å². The highest BCUT2D eigenvalue weighted by Gasteiger charge is 2.18. The zero-order valence-corrected chi connectivity index (χ0v) is 11.9. The Labute approximate surface area is 124 Å². The van der Waals surface area contributed by atoms with E-state index in [1.807, 2.05) is 14.1 Å². The maximum Gasteiger partial charge on any atom is 0.234 e. The van der Waals surface area contributed by atoms with Crippen LogP contribution in [0.4, 0.5) is 17.7 Å². The molecule has 4 aromatic heterocycles. The highest BCUT2D eigenvalue weighted by molar-refractivity contribution is 5.86. The van der Waals surface area contributed by atoms with E-state index < -0.39 is 0 Å². The van der Waals surface area contributed by atoms with Gasteiger partial charge in [-0.1, -0.05) is 0 Å². The van der Waals surface area contributed by atoms with E-state index >= 15 is 0 Å². The highest BCUT2D eigenvalue weighted by atomic mass is 15.4. The van der Waals surface area contributed by atoms with Crippen LogP contribution in [0.1, 0.15) is 0 Å². The van der Waals surface area contributed by atoms with Crippen LogP contribution < -0.4 is 10.6 Å². The average molecular weight is 296 g/mol. The van der Waals surface area contributed by atoms with Crippen molar-refractivity contribution >= 4 is 34.5 Å². The van der Waals surface area contributed by atoms with Crippen molar-refractivity contribution in [3.05, 3.63) is 24.9 Å². The monoisotopic (exact) mass is 296 g/mol. The number of nitrogen functional groups attached to an aromatic ring is 1. The van der Waals surface area contributed by atoms with Crippen LogP contribution in [0.5, 0.6) is 0 Å². The lowest BCUT2D eigenvalue weighted by atomic mass is 10.4. The maximum atomic E-state index is 5.82. The largest absolute Gasteiger partial charge is 0.368 e. The summed E-state index contributed by atoms with van der Waals surface area (Å²) in [6.07, 6.45) is 4.80. The molecule has 110 valence electrons. The van der Waals surface area contributed by atoms with Gasteiger partial charge in [0.2, 0.25) is 11.9 Å².